The van der Waals surface area contributed by atoms with Crippen LogP contribution in [0.25, 0.3) is 11.1 Å². The van der Waals surface area contributed by atoms with E-state index in [-0.39, 0.29) is 18.2 Å². The molecule has 0 bridgehead atoms. The molecular formula is C34H42FNO4. The molecule has 6 heteroatoms. The summed E-state index contributed by atoms with van der Waals surface area (Å²) >= 11 is 0. The van der Waals surface area contributed by atoms with Crippen LogP contribution < -0.4 is 9.47 Å². The van der Waals surface area contributed by atoms with Crippen LogP contribution in [0.5, 0.6) is 11.5 Å². The van der Waals surface area contributed by atoms with Crippen LogP contribution in [0.2, 0.25) is 0 Å². The molecule has 5 nitrogen and oxygen atoms in total. The average molecular weight is 548 g/mol. The molecule has 0 spiro atoms. The molecule has 4 rings (SSSR count). The number of nitrogens with zero attached hydrogens (tertiary/aromatic N) is 1. The number of aliphatic carboxylic acids is 1. The quantitative estimate of drug-likeness (QED) is 0.248. The van der Waals surface area contributed by atoms with Crippen molar-refractivity contribution in [3.05, 3.63) is 83.2 Å². The summed E-state index contributed by atoms with van der Waals surface area (Å²) in [6, 6.07) is 19.7. The second-order valence-corrected chi connectivity index (χ2v) is 11.1. The summed E-state index contributed by atoms with van der Waals surface area (Å²) < 4.78 is 26.7. The fourth-order valence-corrected chi connectivity index (χ4v) is 5.92. The molecule has 1 heterocycles. The van der Waals surface area contributed by atoms with Gasteiger partial charge in [-0.1, -0.05) is 50.1 Å². The van der Waals surface area contributed by atoms with Gasteiger partial charge in [-0.15, -0.1) is 0 Å². The molecule has 3 atom stereocenters. The molecule has 1 aliphatic heterocycles. The van der Waals surface area contributed by atoms with Crippen LogP contribution in [0.3, 0.4) is 0 Å². The number of benzene rings is 3. The van der Waals surface area contributed by atoms with Crippen molar-refractivity contribution in [2.75, 3.05) is 7.11 Å². The molecule has 0 aromatic heterocycles. The second kappa shape index (κ2) is 13.8. The fourth-order valence-electron chi connectivity index (χ4n) is 5.92. The van der Waals surface area contributed by atoms with Gasteiger partial charge in [0.25, 0.3) is 0 Å². The van der Waals surface area contributed by atoms with Gasteiger partial charge < -0.3 is 14.6 Å². The van der Waals surface area contributed by atoms with Gasteiger partial charge in [-0.3, -0.25) is 9.69 Å². The Morgan fingerprint density at radius 2 is 1.80 bits per heavy atom. The summed E-state index contributed by atoms with van der Waals surface area (Å²) in [6.07, 6.45) is 5.39. The molecule has 1 fully saturated rings. The summed E-state index contributed by atoms with van der Waals surface area (Å²) in [5, 5.41) is 9.36. The summed E-state index contributed by atoms with van der Waals surface area (Å²) in [7, 11) is 1.59. The third kappa shape index (κ3) is 7.42. The lowest BCUT2D eigenvalue weighted by Gasteiger charge is -2.39. The van der Waals surface area contributed by atoms with Gasteiger partial charge in [-0.2, -0.15) is 0 Å². The number of carbonyl (C=O) groups is 1. The normalized spacial score (nSPS) is 18.3. The van der Waals surface area contributed by atoms with Crippen molar-refractivity contribution in [3.63, 3.8) is 0 Å². The van der Waals surface area contributed by atoms with E-state index in [0.717, 1.165) is 54.5 Å². The Bertz CT molecular complexity index is 1280. The second-order valence-electron chi connectivity index (χ2n) is 11.1. The molecule has 214 valence electrons. The monoisotopic (exact) mass is 547 g/mol. The van der Waals surface area contributed by atoms with Crippen molar-refractivity contribution in [3.8, 4) is 22.6 Å². The van der Waals surface area contributed by atoms with Gasteiger partial charge in [0, 0.05) is 24.2 Å². The minimum Gasteiger partial charge on any atom is -0.497 e. The summed E-state index contributed by atoms with van der Waals surface area (Å²) in [5.74, 6) is 0.237. The average Bonchev–Trinajstić information content (AvgIpc) is 2.94. The van der Waals surface area contributed by atoms with Crippen molar-refractivity contribution in [2.45, 2.75) is 90.4 Å². The number of carboxylic acids is 1. The van der Waals surface area contributed by atoms with E-state index in [1.807, 2.05) is 36.4 Å². The lowest BCUT2D eigenvalue weighted by Crippen LogP contribution is -2.43. The zero-order chi connectivity index (χ0) is 28.6. The SMILES string of the molecule is CCC[C@@H](CC(=O)O)c1cccc(OCc2ccc(-c3cc(OC)ccc3F)c(CN3[C@@H](C)CCC[C@@H]3C)c2)c1. The predicted molar refractivity (Wildman–Crippen MR) is 157 cm³/mol. The zero-order valence-corrected chi connectivity index (χ0v) is 24.2. The van der Waals surface area contributed by atoms with Crippen molar-refractivity contribution in [1.82, 2.24) is 4.90 Å². The van der Waals surface area contributed by atoms with Crippen LogP contribution in [-0.2, 0) is 17.9 Å². The van der Waals surface area contributed by atoms with Gasteiger partial charge in [0.05, 0.1) is 13.5 Å². The topological polar surface area (TPSA) is 59.0 Å². The molecule has 1 N–H and O–H groups in total. The molecule has 1 aliphatic rings. The lowest BCUT2D eigenvalue weighted by atomic mass is 9.91. The maximum Gasteiger partial charge on any atom is 0.303 e. The van der Waals surface area contributed by atoms with Crippen molar-refractivity contribution < 1.29 is 23.8 Å². The van der Waals surface area contributed by atoms with E-state index in [1.165, 1.54) is 12.5 Å². The number of hydrogen-bond acceptors (Lipinski definition) is 4. The highest BCUT2D eigenvalue weighted by atomic mass is 19.1. The first-order valence-corrected chi connectivity index (χ1v) is 14.4. The van der Waals surface area contributed by atoms with Gasteiger partial charge in [0.15, 0.2) is 0 Å². The predicted octanol–water partition coefficient (Wildman–Crippen LogP) is 8.20. The third-order valence-electron chi connectivity index (χ3n) is 8.16. The minimum absolute atomic E-state index is 0.0387. The van der Waals surface area contributed by atoms with E-state index >= 15 is 4.39 Å². The molecule has 40 heavy (non-hydrogen) atoms. The Kier molecular flexibility index (Phi) is 10.2. The maximum atomic E-state index is 15.1. The number of hydrogen-bond donors (Lipinski definition) is 1. The smallest absolute Gasteiger partial charge is 0.303 e. The number of piperidine rings is 1. The first-order chi connectivity index (χ1) is 19.3. The largest absolute Gasteiger partial charge is 0.497 e. The number of carboxylic acid groups (broad SMARTS) is 1. The highest BCUT2D eigenvalue weighted by Gasteiger charge is 2.26. The van der Waals surface area contributed by atoms with Gasteiger partial charge in [-0.25, -0.2) is 4.39 Å². The molecule has 0 unspecified atom stereocenters. The van der Waals surface area contributed by atoms with Crippen LogP contribution in [0.4, 0.5) is 4.39 Å². The van der Waals surface area contributed by atoms with Crippen LogP contribution in [0.15, 0.2) is 60.7 Å². The lowest BCUT2D eigenvalue weighted by molar-refractivity contribution is -0.137. The maximum absolute atomic E-state index is 15.1. The Morgan fingerprint density at radius 1 is 1.02 bits per heavy atom. The molecule has 0 saturated carbocycles. The van der Waals surface area contributed by atoms with E-state index in [4.69, 9.17) is 9.47 Å². The molecule has 0 amide bonds. The molecule has 3 aromatic carbocycles. The van der Waals surface area contributed by atoms with Gasteiger partial charge in [0.2, 0.25) is 0 Å². The van der Waals surface area contributed by atoms with Crippen LogP contribution in [0.1, 0.15) is 81.9 Å². The van der Waals surface area contributed by atoms with E-state index in [1.54, 1.807) is 19.2 Å². The van der Waals surface area contributed by atoms with Gasteiger partial charge in [-0.05, 0) is 91.6 Å². The molecule has 0 radical (unpaired) electrons. The number of ether oxygens (including phenoxy) is 2. The molecular weight excluding hydrogens is 505 g/mol. The summed E-state index contributed by atoms with van der Waals surface area (Å²) in [5.41, 5.74) is 4.45. The first kappa shape index (κ1) is 29.6. The number of methoxy groups -OCH3 is 1. The minimum atomic E-state index is -0.790. The van der Waals surface area contributed by atoms with Gasteiger partial charge >= 0.3 is 5.97 Å². The Hall–Kier alpha value is -3.38. The van der Waals surface area contributed by atoms with E-state index < -0.39 is 5.97 Å². The van der Waals surface area contributed by atoms with Gasteiger partial charge in [0.1, 0.15) is 23.9 Å². The molecule has 3 aromatic rings. The fraction of sp³-hybridized carbons (Fsp3) is 0.441. The molecule has 1 saturated heterocycles. The first-order valence-electron chi connectivity index (χ1n) is 14.4. The number of halogens is 1. The van der Waals surface area contributed by atoms with E-state index in [9.17, 15) is 9.90 Å². The number of rotatable bonds is 12. The standard InChI is InChI=1S/C34H42FNO4/c1-5-8-26(19-34(37)38)27-11-7-12-30(18-27)40-22-25-13-15-31(32-20-29(39-4)14-16-33(32)35)28(17-25)21-36-23(2)9-6-10-24(36)3/h7,11-18,20,23-24,26H,5-6,8-10,19,21-22H2,1-4H3,(H,37,38)/t23-,24-,26-/m0/s1. The van der Waals surface area contributed by atoms with Crippen LogP contribution in [0, 0.1) is 5.82 Å². The van der Waals surface area contributed by atoms with Crippen LogP contribution in [-0.4, -0.2) is 35.2 Å². The van der Waals surface area contributed by atoms with Crippen molar-refractivity contribution in [1.29, 1.82) is 0 Å². The summed E-state index contributed by atoms with van der Waals surface area (Å²) in [4.78, 5) is 13.9. The van der Waals surface area contributed by atoms with E-state index in [0.29, 0.717) is 35.8 Å². The highest BCUT2D eigenvalue weighted by molar-refractivity contribution is 5.70. The Labute approximate surface area is 237 Å². The number of likely N-dealkylation sites (tertiary alicyclic amines) is 1. The summed E-state index contributed by atoms with van der Waals surface area (Å²) in [6.45, 7) is 7.71. The molecule has 0 aliphatic carbocycles. The van der Waals surface area contributed by atoms with Crippen molar-refractivity contribution >= 4 is 5.97 Å². The zero-order valence-electron chi connectivity index (χ0n) is 24.2. The van der Waals surface area contributed by atoms with Crippen LogP contribution >= 0.6 is 0 Å². The Balaban J connectivity index is 1.61. The third-order valence-corrected chi connectivity index (χ3v) is 8.16. The van der Waals surface area contributed by atoms with Crippen molar-refractivity contribution in [2.24, 2.45) is 0 Å². The Morgan fingerprint density at radius 3 is 2.50 bits per heavy atom. The highest BCUT2D eigenvalue weighted by Crippen LogP contribution is 2.34. The van der Waals surface area contributed by atoms with E-state index in [2.05, 4.69) is 31.7 Å².